The summed E-state index contributed by atoms with van der Waals surface area (Å²) in [5.74, 6) is 0. The van der Waals surface area contributed by atoms with Crippen LogP contribution in [0.2, 0.25) is 5.31 Å². The highest BCUT2D eigenvalue weighted by atomic mass is 14.1. The van der Waals surface area contributed by atoms with Crippen molar-refractivity contribution in [2.75, 3.05) is 0 Å². The Morgan fingerprint density at radius 2 is 1.20 bits per heavy atom. The van der Waals surface area contributed by atoms with E-state index in [1.807, 2.05) is 0 Å². The first-order valence-corrected chi connectivity index (χ1v) is 6.74. The highest BCUT2D eigenvalue weighted by Gasteiger charge is 2.12. The van der Waals surface area contributed by atoms with E-state index in [-0.39, 0.29) is 5.31 Å². The molecule has 0 aromatic rings. The third-order valence-corrected chi connectivity index (χ3v) is 1.91. The van der Waals surface area contributed by atoms with Crippen molar-refractivity contribution < 1.29 is 0 Å². The fourth-order valence-electron chi connectivity index (χ4n) is 0.757. The number of hydrogen-bond donors (Lipinski definition) is 0. The molecule has 0 aromatic heterocycles. The van der Waals surface area contributed by atoms with Gasteiger partial charge in [0.2, 0.25) is 0 Å². The van der Waals surface area contributed by atoms with E-state index < -0.39 is 0 Å². The first kappa shape index (κ1) is 20.5. The molecular weight excluding hydrogens is 179 g/mol. The third-order valence-electron chi connectivity index (χ3n) is 1.91. The maximum absolute atomic E-state index is 5.90. The Balaban J connectivity index is -0.000000200. The molecule has 0 aromatic carbocycles. The van der Waals surface area contributed by atoms with Gasteiger partial charge in [-0.05, 0) is 0 Å². The van der Waals surface area contributed by atoms with Gasteiger partial charge >= 0.3 is 0 Å². The maximum atomic E-state index is 5.90. The summed E-state index contributed by atoms with van der Waals surface area (Å²) in [5.41, 5.74) is 0. The quantitative estimate of drug-likeness (QED) is 0.519. The Morgan fingerprint density at radius 1 is 0.867 bits per heavy atom. The Bertz CT molecular complexity index is 85.3. The second kappa shape index (κ2) is 16.5. The fourth-order valence-corrected chi connectivity index (χ4v) is 0.757. The zero-order valence-corrected chi connectivity index (χ0v) is 12.3. The predicted octanol–water partition coefficient (Wildman–Crippen LogP) is 5.77. The van der Waals surface area contributed by atoms with Gasteiger partial charge in [-0.1, -0.05) is 92.3 Å². The largest absolute Gasteiger partial charge is 0.0742 e. The highest BCUT2D eigenvalue weighted by Crippen LogP contribution is 2.30. The molecule has 2 radical (unpaired) electrons. The zero-order chi connectivity index (χ0) is 12.7. The normalized spacial score (nSPS) is 12.7. The Labute approximate surface area is 101 Å². The monoisotopic (exact) mass is 212 g/mol. The van der Waals surface area contributed by atoms with E-state index in [1.54, 1.807) is 0 Å². The molecule has 92 valence electrons. The molecule has 15 heavy (non-hydrogen) atoms. The van der Waals surface area contributed by atoms with Crippen molar-refractivity contribution in [1.29, 1.82) is 0 Å². The Kier molecular flexibility index (Phi) is 22.5. The lowest BCUT2D eigenvalue weighted by Crippen LogP contribution is -2.05. The minimum absolute atomic E-state index is 0.0933. The van der Waals surface area contributed by atoms with Gasteiger partial charge in [0.25, 0.3) is 0 Å². The molecular formula is C14H33B. The highest BCUT2D eigenvalue weighted by molar-refractivity contribution is 6.14. The van der Waals surface area contributed by atoms with Crippen molar-refractivity contribution in [1.82, 2.24) is 0 Å². The van der Waals surface area contributed by atoms with Gasteiger partial charge in [0.05, 0.1) is 7.85 Å². The van der Waals surface area contributed by atoms with Crippen LogP contribution in [0.3, 0.4) is 0 Å². The van der Waals surface area contributed by atoms with Crippen LogP contribution >= 0.6 is 0 Å². The van der Waals surface area contributed by atoms with Crippen LogP contribution < -0.4 is 0 Å². The van der Waals surface area contributed by atoms with Gasteiger partial charge in [-0.2, -0.15) is 0 Å². The van der Waals surface area contributed by atoms with Crippen LogP contribution in [-0.2, 0) is 0 Å². The van der Waals surface area contributed by atoms with E-state index in [9.17, 15) is 0 Å². The third kappa shape index (κ3) is 31.5. The van der Waals surface area contributed by atoms with E-state index in [0.717, 1.165) is 6.42 Å². The van der Waals surface area contributed by atoms with E-state index in [2.05, 4.69) is 48.5 Å². The SMILES string of the molecule is CCC.CCC.[B]C(C)(CC)CCCC. The van der Waals surface area contributed by atoms with Crippen molar-refractivity contribution >= 4 is 7.85 Å². The minimum atomic E-state index is 0.0933. The van der Waals surface area contributed by atoms with Gasteiger partial charge in [0.15, 0.2) is 0 Å². The molecule has 0 aliphatic heterocycles. The summed E-state index contributed by atoms with van der Waals surface area (Å²) in [5, 5.41) is 0.0933. The van der Waals surface area contributed by atoms with Gasteiger partial charge in [0.1, 0.15) is 0 Å². The van der Waals surface area contributed by atoms with Crippen LogP contribution in [0.1, 0.15) is 87.0 Å². The molecule has 0 saturated heterocycles. The minimum Gasteiger partial charge on any atom is -0.0691 e. The van der Waals surface area contributed by atoms with Gasteiger partial charge in [-0.25, -0.2) is 0 Å². The molecule has 1 atom stereocenters. The average molecular weight is 212 g/mol. The standard InChI is InChI=1S/C8H17B.2C3H8/c1-4-6-7-8(3,9)5-2;2*1-3-2/h4-7H2,1-3H3;2*3H2,1-2H3. The van der Waals surface area contributed by atoms with Crippen molar-refractivity contribution in [2.45, 2.75) is 92.3 Å². The average Bonchev–Trinajstić information content (AvgIpc) is 2.17. The van der Waals surface area contributed by atoms with Crippen molar-refractivity contribution in [3.8, 4) is 0 Å². The summed E-state index contributed by atoms with van der Waals surface area (Å²) in [6.45, 7) is 15.0. The summed E-state index contributed by atoms with van der Waals surface area (Å²) in [7, 11) is 5.90. The van der Waals surface area contributed by atoms with E-state index in [0.29, 0.717) is 0 Å². The summed E-state index contributed by atoms with van der Waals surface area (Å²) < 4.78 is 0. The van der Waals surface area contributed by atoms with Gasteiger partial charge in [-0.15, -0.1) is 0 Å². The molecule has 1 unspecified atom stereocenters. The summed E-state index contributed by atoms with van der Waals surface area (Å²) in [6, 6.07) is 0. The van der Waals surface area contributed by atoms with E-state index in [1.165, 1.54) is 32.1 Å². The molecule has 0 spiro atoms. The molecule has 0 aliphatic rings. The maximum Gasteiger partial charge on any atom is 0.0742 e. The second-order valence-corrected chi connectivity index (χ2v) is 4.53. The molecule has 0 amide bonds. The molecule has 0 fully saturated rings. The first-order chi connectivity index (χ1) is 6.95. The summed E-state index contributed by atoms with van der Waals surface area (Å²) in [6.07, 6.45) is 7.28. The van der Waals surface area contributed by atoms with Crippen molar-refractivity contribution in [3.63, 3.8) is 0 Å². The first-order valence-electron chi connectivity index (χ1n) is 6.74. The molecule has 0 bridgehead atoms. The van der Waals surface area contributed by atoms with Crippen LogP contribution in [0.5, 0.6) is 0 Å². The van der Waals surface area contributed by atoms with E-state index >= 15 is 0 Å². The lowest BCUT2D eigenvalue weighted by atomic mass is 9.66. The lowest BCUT2D eigenvalue weighted by Gasteiger charge is -2.22. The summed E-state index contributed by atoms with van der Waals surface area (Å²) in [4.78, 5) is 0. The van der Waals surface area contributed by atoms with Gasteiger partial charge < -0.3 is 0 Å². The van der Waals surface area contributed by atoms with Crippen LogP contribution in [0.25, 0.3) is 0 Å². The fraction of sp³-hybridized carbons (Fsp3) is 1.00. The molecule has 0 saturated carbocycles. The smallest absolute Gasteiger partial charge is 0.0691 e. The van der Waals surface area contributed by atoms with Crippen molar-refractivity contribution in [2.24, 2.45) is 0 Å². The molecule has 0 nitrogen and oxygen atoms in total. The lowest BCUT2D eigenvalue weighted by molar-refractivity contribution is 0.515. The zero-order valence-electron chi connectivity index (χ0n) is 12.3. The van der Waals surface area contributed by atoms with Crippen LogP contribution in [0.15, 0.2) is 0 Å². The second-order valence-electron chi connectivity index (χ2n) is 4.53. The number of rotatable bonds is 4. The topological polar surface area (TPSA) is 0 Å². The van der Waals surface area contributed by atoms with E-state index in [4.69, 9.17) is 7.85 Å². The molecule has 0 heterocycles. The molecule has 1 heteroatoms. The van der Waals surface area contributed by atoms with Gasteiger partial charge in [0, 0.05) is 0 Å². The van der Waals surface area contributed by atoms with Crippen LogP contribution in [0.4, 0.5) is 0 Å². The summed E-state index contributed by atoms with van der Waals surface area (Å²) >= 11 is 0. The predicted molar refractivity (Wildman–Crippen MR) is 75.9 cm³/mol. The number of unbranched alkanes of at least 4 members (excludes halogenated alkanes) is 1. The van der Waals surface area contributed by atoms with Gasteiger partial charge in [-0.3, -0.25) is 0 Å². The Morgan fingerprint density at radius 3 is 1.40 bits per heavy atom. The molecule has 0 N–H and O–H groups in total. The van der Waals surface area contributed by atoms with Crippen molar-refractivity contribution in [3.05, 3.63) is 0 Å². The molecule has 0 aliphatic carbocycles. The Hall–Kier alpha value is 0.0649. The molecule has 0 rings (SSSR count). The van der Waals surface area contributed by atoms with Crippen LogP contribution in [0, 0.1) is 0 Å². The number of hydrogen-bond acceptors (Lipinski definition) is 0. The van der Waals surface area contributed by atoms with Crippen LogP contribution in [-0.4, -0.2) is 7.85 Å².